The second-order valence-corrected chi connectivity index (χ2v) is 8.48. The molecule has 0 bridgehead atoms. The van der Waals surface area contributed by atoms with Gasteiger partial charge in [-0.3, -0.25) is 0 Å². The molecule has 0 spiro atoms. The molecule has 0 amide bonds. The van der Waals surface area contributed by atoms with Gasteiger partial charge in [-0.1, -0.05) is 24.3 Å². The van der Waals surface area contributed by atoms with Crippen molar-refractivity contribution in [1.29, 1.82) is 0 Å². The molecule has 0 radical (unpaired) electrons. The molecule has 31 heavy (non-hydrogen) atoms. The van der Waals surface area contributed by atoms with Gasteiger partial charge in [0.1, 0.15) is 18.5 Å². The number of pyridine rings is 1. The molecule has 0 fully saturated rings. The van der Waals surface area contributed by atoms with E-state index < -0.39 is 27.2 Å². The average Bonchev–Trinajstić information content (AvgIpc) is 2.71. The number of aromatic nitrogens is 1. The number of rotatable bonds is 2. The Labute approximate surface area is 173 Å². The van der Waals surface area contributed by atoms with Gasteiger partial charge in [-0.05, 0) is 30.3 Å². The third-order valence-electron chi connectivity index (χ3n) is 5.15. The normalized spacial score (nSPS) is 13.2. The highest BCUT2D eigenvalue weighted by atomic mass is 32.2. The van der Waals surface area contributed by atoms with Crippen molar-refractivity contribution in [3.63, 3.8) is 0 Å². The van der Waals surface area contributed by atoms with Crippen molar-refractivity contribution in [2.75, 3.05) is 0 Å². The van der Waals surface area contributed by atoms with Crippen LogP contribution in [-0.4, -0.2) is 13.9 Å². The average molecular weight is 450 g/mol. The number of aryl methyl sites for hydroxylation is 1. The molecule has 0 saturated heterocycles. The van der Waals surface area contributed by atoms with Crippen LogP contribution in [0.1, 0.15) is 0 Å². The summed E-state index contributed by atoms with van der Waals surface area (Å²) in [7, 11) is -4.48. The molecule has 0 aliphatic carbocycles. The summed E-state index contributed by atoms with van der Waals surface area (Å²) < 4.78 is 87.9. The summed E-state index contributed by atoms with van der Waals surface area (Å²) in [5.74, 6) is -1.18. The number of ether oxygens (including phenoxy) is 1. The first-order chi connectivity index (χ1) is 14.6. The number of hydrogen-bond donors (Lipinski definition) is 0. The van der Waals surface area contributed by atoms with Crippen molar-refractivity contribution < 1.29 is 39.5 Å². The lowest BCUT2D eigenvalue weighted by Gasteiger charge is -2.20. The maximum absolute atomic E-state index is 15.4. The molecule has 0 saturated carbocycles. The van der Waals surface area contributed by atoms with Crippen LogP contribution < -0.4 is 13.5 Å². The molecule has 158 valence electrons. The second-order valence-electron chi connectivity index (χ2n) is 6.94. The number of halogens is 4. The number of hydrogen-bond acceptors (Lipinski definition) is 4. The van der Waals surface area contributed by atoms with Gasteiger partial charge in [0.05, 0.1) is 16.3 Å². The molecule has 5 nitrogen and oxygen atoms in total. The number of nitrogens with zero attached hydrogens (tertiary/aromatic N) is 1. The first-order valence-electron chi connectivity index (χ1n) is 8.95. The van der Waals surface area contributed by atoms with Crippen molar-refractivity contribution in [3.05, 3.63) is 60.4 Å². The molecule has 3 aromatic carbocycles. The van der Waals surface area contributed by atoms with Gasteiger partial charge in [-0.15, -0.1) is 0 Å². The van der Waals surface area contributed by atoms with E-state index in [1.165, 1.54) is 10.6 Å². The predicted molar refractivity (Wildman–Crippen MR) is 104 cm³/mol. The van der Waals surface area contributed by atoms with Crippen LogP contribution in [0.15, 0.2) is 54.6 Å². The summed E-state index contributed by atoms with van der Waals surface area (Å²) in [4.78, 5) is 0. The molecule has 2 heterocycles. The van der Waals surface area contributed by atoms with Crippen LogP contribution in [0, 0.1) is 5.82 Å². The Hall–Kier alpha value is -3.40. The van der Waals surface area contributed by atoms with Crippen LogP contribution >= 0.6 is 0 Å². The number of para-hydroxylation sites is 1. The van der Waals surface area contributed by atoms with E-state index in [2.05, 4.69) is 4.18 Å². The van der Waals surface area contributed by atoms with E-state index in [9.17, 15) is 21.6 Å². The fourth-order valence-electron chi connectivity index (χ4n) is 3.87. The summed E-state index contributed by atoms with van der Waals surface area (Å²) >= 11 is 0. The molecule has 1 aliphatic rings. The lowest BCUT2D eigenvalue weighted by atomic mass is 9.96. The van der Waals surface area contributed by atoms with E-state index >= 15 is 4.39 Å². The number of alkyl halides is 3. The monoisotopic (exact) mass is 450 g/mol. The molecule has 4 aromatic rings. The van der Waals surface area contributed by atoms with Crippen molar-refractivity contribution in [1.82, 2.24) is 0 Å². The molecule has 0 atom stereocenters. The first kappa shape index (κ1) is 19.6. The van der Waals surface area contributed by atoms with Crippen LogP contribution in [0.25, 0.3) is 32.9 Å². The molecule has 1 aliphatic heterocycles. The molecule has 0 unspecified atom stereocenters. The molecule has 10 heteroatoms. The number of benzene rings is 3. The van der Waals surface area contributed by atoms with Crippen molar-refractivity contribution >= 4 is 31.8 Å². The topological polar surface area (TPSA) is 56.5 Å². The zero-order valence-electron chi connectivity index (χ0n) is 15.7. The van der Waals surface area contributed by atoms with E-state index in [1.807, 2.05) is 0 Å². The summed E-state index contributed by atoms with van der Waals surface area (Å²) in [6.07, 6.45) is 0. The Bertz CT molecular complexity index is 1510. The Balaban J connectivity index is 1.87. The Morgan fingerprint density at radius 2 is 1.65 bits per heavy atom. The molecular weight excluding hydrogens is 438 g/mol. The van der Waals surface area contributed by atoms with Crippen LogP contribution in [-0.2, 0) is 17.2 Å². The van der Waals surface area contributed by atoms with Gasteiger partial charge in [0.25, 0.3) is 5.52 Å². The van der Waals surface area contributed by atoms with Crippen LogP contribution in [0.3, 0.4) is 0 Å². The minimum absolute atomic E-state index is 0.105. The van der Waals surface area contributed by atoms with E-state index in [1.54, 1.807) is 49.5 Å². The van der Waals surface area contributed by atoms with Gasteiger partial charge in [0, 0.05) is 5.39 Å². The van der Waals surface area contributed by atoms with Gasteiger partial charge in [0.2, 0.25) is 11.5 Å². The fourth-order valence-corrected chi connectivity index (χ4v) is 4.33. The summed E-state index contributed by atoms with van der Waals surface area (Å²) in [5, 5.41) is 1.66. The van der Waals surface area contributed by atoms with Gasteiger partial charge < -0.3 is 8.92 Å². The summed E-state index contributed by atoms with van der Waals surface area (Å²) in [5.41, 5.74) is -4.55. The smallest absolute Gasteiger partial charge is 0.456 e. The zero-order valence-corrected chi connectivity index (χ0v) is 16.5. The highest BCUT2D eigenvalue weighted by Gasteiger charge is 2.49. The second kappa shape index (κ2) is 6.30. The van der Waals surface area contributed by atoms with Crippen molar-refractivity contribution in [2.24, 2.45) is 7.05 Å². The largest absolute Gasteiger partial charge is 0.534 e. The minimum atomic E-state index is -6.03. The summed E-state index contributed by atoms with van der Waals surface area (Å²) in [6, 6.07) is 14.5. The summed E-state index contributed by atoms with van der Waals surface area (Å²) in [6.45, 7) is 0. The van der Waals surface area contributed by atoms with Crippen LogP contribution in [0.4, 0.5) is 17.6 Å². The SMILES string of the molecule is C[n+]1c2c3c(cccc3c3ccc(OS(=O)(=O)C(F)(F)F)c(F)c31)Oc1ccccc1-2. The lowest BCUT2D eigenvalue weighted by Crippen LogP contribution is -2.34. The first-order valence-corrected chi connectivity index (χ1v) is 10.4. The van der Waals surface area contributed by atoms with Gasteiger partial charge in [-0.2, -0.15) is 30.5 Å². The van der Waals surface area contributed by atoms with E-state index in [-0.39, 0.29) is 5.52 Å². The maximum Gasteiger partial charge on any atom is 0.534 e. The van der Waals surface area contributed by atoms with E-state index in [4.69, 9.17) is 4.74 Å². The highest BCUT2D eigenvalue weighted by molar-refractivity contribution is 7.88. The van der Waals surface area contributed by atoms with E-state index in [0.717, 1.165) is 6.07 Å². The fraction of sp³-hybridized carbons (Fsp3) is 0.0952. The number of fused-ring (bicyclic) bond motifs is 4. The molecule has 0 N–H and O–H groups in total. The Kier molecular flexibility index (Phi) is 3.97. The van der Waals surface area contributed by atoms with Gasteiger partial charge in [0.15, 0.2) is 5.75 Å². The van der Waals surface area contributed by atoms with Crippen LogP contribution in [0.2, 0.25) is 0 Å². The molecular formula is C21H12F4NO4S+. The zero-order chi connectivity index (χ0) is 22.1. The highest BCUT2D eigenvalue weighted by Crippen LogP contribution is 2.46. The quantitative estimate of drug-likeness (QED) is 0.125. The van der Waals surface area contributed by atoms with Gasteiger partial charge in [-0.25, -0.2) is 0 Å². The van der Waals surface area contributed by atoms with Crippen LogP contribution in [0.5, 0.6) is 17.2 Å². The van der Waals surface area contributed by atoms with Crippen molar-refractivity contribution in [2.45, 2.75) is 5.51 Å². The predicted octanol–water partition coefficient (Wildman–Crippen LogP) is 4.96. The van der Waals surface area contributed by atoms with E-state index in [0.29, 0.717) is 38.9 Å². The Morgan fingerprint density at radius 3 is 2.39 bits per heavy atom. The van der Waals surface area contributed by atoms with Crippen molar-refractivity contribution in [3.8, 4) is 28.5 Å². The minimum Gasteiger partial charge on any atom is -0.456 e. The third-order valence-corrected chi connectivity index (χ3v) is 6.12. The molecule has 1 aromatic heterocycles. The molecule has 5 rings (SSSR count). The maximum atomic E-state index is 15.4. The Morgan fingerprint density at radius 1 is 0.935 bits per heavy atom. The standard InChI is InChI=1S/C21H12F4NO4S/c1-26-19-13-5-2-3-7-14(13)29-15-8-4-6-11(17(15)19)12-9-10-16(18(22)20(12)26)30-31(27,28)21(23,24)25/h2-10H,1H3/q+1. The third kappa shape index (κ3) is 2.74. The lowest BCUT2D eigenvalue weighted by molar-refractivity contribution is -0.633. The van der Waals surface area contributed by atoms with Gasteiger partial charge >= 0.3 is 15.6 Å².